The zero-order chi connectivity index (χ0) is 18.0. The molecular formula is C21H19N3O. The molecule has 3 rings (SSSR count). The van der Waals surface area contributed by atoms with Crippen LogP contribution in [0.3, 0.4) is 0 Å². The van der Waals surface area contributed by atoms with E-state index in [1.165, 1.54) is 0 Å². The van der Waals surface area contributed by atoms with Gasteiger partial charge in [0.1, 0.15) is 23.2 Å². The Hall–Kier alpha value is -3.32. The normalized spacial score (nSPS) is 10.3. The van der Waals surface area contributed by atoms with Crippen LogP contribution in [-0.4, -0.2) is 12.1 Å². The number of nitrogens with two attached hydrogens (primary N) is 1. The van der Waals surface area contributed by atoms with Gasteiger partial charge in [-0.3, -0.25) is 0 Å². The van der Waals surface area contributed by atoms with Gasteiger partial charge in [-0.15, -0.1) is 0 Å². The highest BCUT2D eigenvalue weighted by Crippen LogP contribution is 2.33. The number of ether oxygens (including phenoxy) is 1. The third-order valence-corrected chi connectivity index (χ3v) is 4.23. The molecule has 2 aromatic carbocycles. The van der Waals surface area contributed by atoms with Gasteiger partial charge in [0, 0.05) is 11.1 Å². The molecule has 0 bridgehead atoms. The summed E-state index contributed by atoms with van der Waals surface area (Å²) in [6.45, 7) is 4.06. The molecule has 2 N–H and O–H groups in total. The van der Waals surface area contributed by atoms with Gasteiger partial charge in [-0.1, -0.05) is 23.8 Å². The predicted molar refractivity (Wildman–Crippen MR) is 100 cm³/mol. The van der Waals surface area contributed by atoms with Crippen molar-refractivity contribution in [2.45, 2.75) is 13.8 Å². The van der Waals surface area contributed by atoms with E-state index in [1.807, 2.05) is 44.2 Å². The number of methoxy groups -OCH3 is 1. The van der Waals surface area contributed by atoms with E-state index in [2.05, 4.69) is 29.3 Å². The number of nitrogens with zero attached hydrogens (tertiary/aromatic N) is 2. The Labute approximate surface area is 147 Å². The Morgan fingerprint density at radius 1 is 1.00 bits per heavy atom. The molecule has 0 atom stereocenters. The molecule has 0 aliphatic heterocycles. The first kappa shape index (κ1) is 16.5. The highest BCUT2D eigenvalue weighted by atomic mass is 16.5. The third-order valence-electron chi connectivity index (χ3n) is 4.23. The van der Waals surface area contributed by atoms with Gasteiger partial charge in [-0.25, -0.2) is 4.98 Å². The Morgan fingerprint density at radius 3 is 2.36 bits per heavy atom. The van der Waals surface area contributed by atoms with Crippen LogP contribution in [0.5, 0.6) is 5.75 Å². The van der Waals surface area contributed by atoms with E-state index in [1.54, 1.807) is 7.11 Å². The second-order valence-electron chi connectivity index (χ2n) is 5.97. The molecule has 124 valence electrons. The monoisotopic (exact) mass is 329 g/mol. The largest absolute Gasteiger partial charge is 0.497 e. The predicted octanol–water partition coefficient (Wildman–Crippen LogP) is 4.49. The minimum absolute atomic E-state index is 0.242. The number of aryl methyl sites for hydroxylation is 2. The van der Waals surface area contributed by atoms with Crippen LogP contribution in [0.2, 0.25) is 0 Å². The number of nitrogen functional groups attached to an aromatic ring is 1. The van der Waals surface area contributed by atoms with Crippen molar-refractivity contribution in [2.75, 3.05) is 12.8 Å². The molecule has 0 spiro atoms. The summed E-state index contributed by atoms with van der Waals surface area (Å²) in [7, 11) is 1.63. The molecule has 3 aromatic rings. The van der Waals surface area contributed by atoms with E-state index < -0.39 is 0 Å². The smallest absolute Gasteiger partial charge is 0.142 e. The molecule has 4 nitrogen and oxygen atoms in total. The lowest BCUT2D eigenvalue weighted by molar-refractivity contribution is 0.415. The lowest BCUT2D eigenvalue weighted by Crippen LogP contribution is -2.00. The second kappa shape index (κ2) is 6.66. The maximum atomic E-state index is 9.56. The Bertz CT molecular complexity index is 970. The van der Waals surface area contributed by atoms with Gasteiger partial charge in [0.2, 0.25) is 0 Å². The van der Waals surface area contributed by atoms with E-state index in [9.17, 15) is 5.26 Å². The Morgan fingerprint density at radius 2 is 1.72 bits per heavy atom. The van der Waals surface area contributed by atoms with Crippen LogP contribution in [0.15, 0.2) is 48.5 Å². The number of pyridine rings is 1. The maximum Gasteiger partial charge on any atom is 0.142 e. The van der Waals surface area contributed by atoms with Crippen LogP contribution in [0, 0.1) is 25.2 Å². The van der Waals surface area contributed by atoms with Crippen LogP contribution in [0.4, 0.5) is 5.82 Å². The topological polar surface area (TPSA) is 71.9 Å². The first-order valence-electron chi connectivity index (χ1n) is 7.96. The molecule has 0 unspecified atom stereocenters. The van der Waals surface area contributed by atoms with Crippen molar-refractivity contribution in [1.29, 1.82) is 5.26 Å². The van der Waals surface area contributed by atoms with E-state index in [0.29, 0.717) is 5.56 Å². The first-order chi connectivity index (χ1) is 12.0. The summed E-state index contributed by atoms with van der Waals surface area (Å²) in [4.78, 5) is 4.42. The average Bonchev–Trinajstić information content (AvgIpc) is 2.63. The van der Waals surface area contributed by atoms with E-state index >= 15 is 0 Å². The maximum absolute atomic E-state index is 9.56. The molecule has 4 heteroatoms. The zero-order valence-electron chi connectivity index (χ0n) is 14.5. The minimum atomic E-state index is 0.242. The third kappa shape index (κ3) is 3.17. The Kier molecular flexibility index (Phi) is 4.40. The fourth-order valence-electron chi connectivity index (χ4n) is 2.83. The summed E-state index contributed by atoms with van der Waals surface area (Å²) in [5.41, 5.74) is 12.2. The molecule has 0 radical (unpaired) electrons. The molecule has 0 amide bonds. The molecule has 0 saturated heterocycles. The summed E-state index contributed by atoms with van der Waals surface area (Å²) >= 11 is 0. The summed E-state index contributed by atoms with van der Waals surface area (Å²) in [5, 5.41) is 9.56. The van der Waals surface area contributed by atoms with Crippen molar-refractivity contribution in [3.63, 3.8) is 0 Å². The standard InChI is InChI=1S/C21H19N3O/c1-13-4-5-14(2)17(10-13)18-11-20(24-21(23)19(18)12-22)15-6-8-16(25-3)9-7-15/h4-11H,1-3H3,(H2,23,24). The average molecular weight is 329 g/mol. The highest BCUT2D eigenvalue weighted by molar-refractivity contribution is 5.81. The van der Waals surface area contributed by atoms with Gasteiger partial charge in [0.25, 0.3) is 0 Å². The van der Waals surface area contributed by atoms with Crippen molar-refractivity contribution in [1.82, 2.24) is 4.98 Å². The summed E-state index contributed by atoms with van der Waals surface area (Å²) in [5.74, 6) is 1.02. The van der Waals surface area contributed by atoms with Crippen molar-refractivity contribution in [3.05, 3.63) is 65.2 Å². The molecule has 1 aromatic heterocycles. The van der Waals surface area contributed by atoms with Crippen LogP contribution >= 0.6 is 0 Å². The fourth-order valence-corrected chi connectivity index (χ4v) is 2.83. The van der Waals surface area contributed by atoms with Crippen molar-refractivity contribution >= 4 is 5.82 Å². The quantitative estimate of drug-likeness (QED) is 0.768. The van der Waals surface area contributed by atoms with Crippen molar-refractivity contribution in [2.24, 2.45) is 0 Å². The summed E-state index contributed by atoms with van der Waals surface area (Å²) in [6, 6.07) is 17.9. The van der Waals surface area contributed by atoms with E-state index in [-0.39, 0.29) is 5.82 Å². The fraction of sp³-hybridized carbons (Fsp3) is 0.143. The molecule has 25 heavy (non-hydrogen) atoms. The van der Waals surface area contributed by atoms with Crippen LogP contribution in [-0.2, 0) is 0 Å². The van der Waals surface area contributed by atoms with Crippen molar-refractivity contribution < 1.29 is 4.74 Å². The first-order valence-corrected chi connectivity index (χ1v) is 7.96. The van der Waals surface area contributed by atoms with Gasteiger partial charge in [0.05, 0.1) is 12.8 Å². The van der Waals surface area contributed by atoms with Gasteiger partial charge < -0.3 is 10.5 Å². The van der Waals surface area contributed by atoms with Crippen LogP contribution < -0.4 is 10.5 Å². The Balaban J connectivity index is 2.22. The number of hydrogen-bond acceptors (Lipinski definition) is 4. The van der Waals surface area contributed by atoms with Gasteiger partial charge >= 0.3 is 0 Å². The molecular weight excluding hydrogens is 310 g/mol. The number of anilines is 1. The number of benzene rings is 2. The number of aromatic nitrogens is 1. The highest BCUT2D eigenvalue weighted by Gasteiger charge is 2.15. The minimum Gasteiger partial charge on any atom is -0.497 e. The number of rotatable bonds is 3. The lowest BCUT2D eigenvalue weighted by Gasteiger charge is -2.13. The van der Waals surface area contributed by atoms with Gasteiger partial charge in [-0.05, 0) is 55.3 Å². The molecule has 1 heterocycles. The number of hydrogen-bond donors (Lipinski definition) is 1. The van der Waals surface area contributed by atoms with Crippen LogP contribution in [0.1, 0.15) is 16.7 Å². The second-order valence-corrected chi connectivity index (χ2v) is 5.97. The summed E-state index contributed by atoms with van der Waals surface area (Å²) < 4.78 is 5.20. The lowest BCUT2D eigenvalue weighted by atomic mass is 9.94. The van der Waals surface area contributed by atoms with Crippen LogP contribution in [0.25, 0.3) is 22.4 Å². The van der Waals surface area contributed by atoms with Gasteiger partial charge in [-0.2, -0.15) is 5.26 Å². The summed E-state index contributed by atoms with van der Waals surface area (Å²) in [6.07, 6.45) is 0. The number of nitriles is 1. The van der Waals surface area contributed by atoms with E-state index in [4.69, 9.17) is 10.5 Å². The van der Waals surface area contributed by atoms with E-state index in [0.717, 1.165) is 39.3 Å². The van der Waals surface area contributed by atoms with Gasteiger partial charge in [0.15, 0.2) is 0 Å². The SMILES string of the molecule is COc1ccc(-c2cc(-c3cc(C)ccc3C)c(C#N)c(N)n2)cc1. The molecule has 0 aliphatic rings. The van der Waals surface area contributed by atoms with Crippen molar-refractivity contribution in [3.8, 4) is 34.2 Å². The zero-order valence-corrected chi connectivity index (χ0v) is 14.5. The molecule has 0 aliphatic carbocycles. The molecule has 0 saturated carbocycles. The molecule has 0 fully saturated rings.